The average Bonchev–Trinajstić information content (AvgIpc) is 3.69. The fraction of sp³-hybridized carbons (Fsp3) is 0.348. The average molecular weight is 492 g/mol. The van der Waals surface area contributed by atoms with Gasteiger partial charge in [-0.05, 0) is 57.8 Å². The first-order valence-electron chi connectivity index (χ1n) is 11.3. The van der Waals surface area contributed by atoms with Crippen molar-refractivity contribution in [1.82, 2.24) is 39.2 Å². The first-order valence-corrected chi connectivity index (χ1v) is 12.1. The SMILES string of the molecule is CNSc1ccc(CNc2nc3cnc(-c4c(O)ncnc4C4CC4)nc3n(C(C)C)c2=O)nc1. The summed E-state index contributed by atoms with van der Waals surface area (Å²) < 4.78 is 4.58. The number of pyridine rings is 1. The topological polar surface area (TPSA) is 144 Å². The molecule has 4 heterocycles. The van der Waals surface area contributed by atoms with E-state index < -0.39 is 0 Å². The van der Waals surface area contributed by atoms with Crippen molar-refractivity contribution in [2.45, 2.75) is 50.1 Å². The molecule has 4 aromatic rings. The minimum Gasteiger partial charge on any atom is -0.493 e. The maximum absolute atomic E-state index is 13.4. The van der Waals surface area contributed by atoms with Gasteiger partial charge in [-0.3, -0.25) is 19.1 Å². The second kappa shape index (κ2) is 9.55. The lowest BCUT2D eigenvalue weighted by atomic mass is 10.1. The van der Waals surface area contributed by atoms with Gasteiger partial charge in [-0.15, -0.1) is 0 Å². The highest BCUT2D eigenvalue weighted by atomic mass is 32.2. The van der Waals surface area contributed by atoms with Crippen molar-refractivity contribution in [3.05, 3.63) is 52.6 Å². The molecule has 0 unspecified atom stereocenters. The molecule has 3 N–H and O–H groups in total. The molecule has 0 radical (unpaired) electrons. The van der Waals surface area contributed by atoms with Crippen LogP contribution in [0.15, 0.2) is 40.5 Å². The lowest BCUT2D eigenvalue weighted by molar-refractivity contribution is 0.452. The zero-order valence-electron chi connectivity index (χ0n) is 19.6. The van der Waals surface area contributed by atoms with Crippen LogP contribution in [-0.4, -0.2) is 46.6 Å². The van der Waals surface area contributed by atoms with Gasteiger partial charge in [0.2, 0.25) is 5.88 Å². The number of hydrogen-bond donors (Lipinski definition) is 3. The van der Waals surface area contributed by atoms with E-state index in [1.807, 2.05) is 33.0 Å². The first kappa shape index (κ1) is 23.1. The Balaban J connectivity index is 1.52. The second-order valence-corrected chi connectivity index (χ2v) is 9.59. The van der Waals surface area contributed by atoms with Crippen molar-refractivity contribution in [3.63, 3.8) is 0 Å². The van der Waals surface area contributed by atoms with Gasteiger partial charge in [-0.1, -0.05) is 0 Å². The van der Waals surface area contributed by atoms with E-state index in [0.29, 0.717) is 23.3 Å². The van der Waals surface area contributed by atoms with Crippen LogP contribution < -0.4 is 15.6 Å². The Morgan fingerprint density at radius 1 is 1.14 bits per heavy atom. The Hall–Kier alpha value is -3.64. The molecule has 4 aromatic heterocycles. The summed E-state index contributed by atoms with van der Waals surface area (Å²) in [5.41, 5.74) is 2.47. The highest BCUT2D eigenvalue weighted by Crippen LogP contribution is 2.44. The molecule has 1 aliphatic carbocycles. The van der Waals surface area contributed by atoms with Crippen LogP contribution in [0.1, 0.15) is 50.0 Å². The van der Waals surface area contributed by atoms with Crippen LogP contribution in [0.25, 0.3) is 22.6 Å². The molecule has 1 fully saturated rings. The third-order valence-corrected chi connectivity index (χ3v) is 6.33. The Bertz CT molecular complexity index is 1440. The molecule has 0 saturated heterocycles. The predicted molar refractivity (Wildman–Crippen MR) is 133 cm³/mol. The van der Waals surface area contributed by atoms with Crippen molar-refractivity contribution < 1.29 is 5.11 Å². The van der Waals surface area contributed by atoms with Gasteiger partial charge >= 0.3 is 0 Å². The Kier molecular flexibility index (Phi) is 6.31. The van der Waals surface area contributed by atoms with Crippen LogP contribution >= 0.6 is 11.9 Å². The second-order valence-electron chi connectivity index (χ2n) is 8.51. The van der Waals surface area contributed by atoms with E-state index in [-0.39, 0.29) is 35.0 Å². The Morgan fingerprint density at radius 2 is 1.97 bits per heavy atom. The Morgan fingerprint density at radius 3 is 2.66 bits per heavy atom. The summed E-state index contributed by atoms with van der Waals surface area (Å²) in [4.78, 5) is 40.7. The third-order valence-electron chi connectivity index (χ3n) is 5.65. The van der Waals surface area contributed by atoms with Gasteiger partial charge in [-0.25, -0.2) is 24.9 Å². The third kappa shape index (κ3) is 4.66. The summed E-state index contributed by atoms with van der Waals surface area (Å²) in [5, 5.41) is 13.6. The fourth-order valence-electron chi connectivity index (χ4n) is 3.85. The number of hydrogen-bond acceptors (Lipinski definition) is 11. The van der Waals surface area contributed by atoms with E-state index in [2.05, 4.69) is 39.9 Å². The number of fused-ring (bicyclic) bond motifs is 1. The molecule has 12 heteroatoms. The molecule has 0 spiro atoms. The fourth-order valence-corrected chi connectivity index (χ4v) is 4.33. The van der Waals surface area contributed by atoms with E-state index in [0.717, 1.165) is 29.1 Å². The molecule has 35 heavy (non-hydrogen) atoms. The largest absolute Gasteiger partial charge is 0.493 e. The molecule has 1 saturated carbocycles. The van der Waals surface area contributed by atoms with Crippen molar-refractivity contribution in [1.29, 1.82) is 0 Å². The molecule has 0 atom stereocenters. The number of nitrogens with zero attached hydrogens (tertiary/aromatic N) is 7. The van der Waals surface area contributed by atoms with Gasteiger partial charge in [-0.2, -0.15) is 0 Å². The number of rotatable bonds is 8. The first-order chi connectivity index (χ1) is 17.0. The normalized spacial score (nSPS) is 13.5. The molecule has 180 valence electrons. The van der Waals surface area contributed by atoms with Gasteiger partial charge < -0.3 is 10.4 Å². The van der Waals surface area contributed by atoms with Gasteiger partial charge in [0.15, 0.2) is 17.3 Å². The van der Waals surface area contributed by atoms with Crippen LogP contribution in [0, 0.1) is 0 Å². The summed E-state index contributed by atoms with van der Waals surface area (Å²) in [5.74, 6) is 0.562. The quantitative estimate of drug-likeness (QED) is 0.313. The van der Waals surface area contributed by atoms with Gasteiger partial charge in [0.05, 0.1) is 24.1 Å². The lowest BCUT2D eigenvalue weighted by Gasteiger charge is -2.16. The van der Waals surface area contributed by atoms with E-state index in [9.17, 15) is 9.90 Å². The van der Waals surface area contributed by atoms with Crippen molar-refractivity contribution in [2.75, 3.05) is 12.4 Å². The zero-order chi connectivity index (χ0) is 24.5. The van der Waals surface area contributed by atoms with Crippen LogP contribution in [0.5, 0.6) is 5.88 Å². The molecule has 0 amide bonds. The van der Waals surface area contributed by atoms with Crippen molar-refractivity contribution in [3.8, 4) is 17.3 Å². The molecule has 5 rings (SSSR count). The molecule has 11 nitrogen and oxygen atoms in total. The summed E-state index contributed by atoms with van der Waals surface area (Å²) in [6.45, 7) is 4.16. The molecular weight excluding hydrogens is 466 g/mol. The molecule has 0 aromatic carbocycles. The summed E-state index contributed by atoms with van der Waals surface area (Å²) in [6.07, 6.45) is 6.67. The number of aromatic hydroxyl groups is 1. The Labute approximate surface area is 205 Å². The standard InChI is InChI=1S/C23H25N9O2S/c1-12(2)32-21-16(10-27-19(31-21)17-18(13-4-5-13)28-11-29-22(17)33)30-20(23(32)34)26-8-14-6-7-15(9-25-14)35-24-3/h6-7,9-13,24H,4-5,8H2,1-3H3,(H,26,30)(H,28,29,33). The maximum atomic E-state index is 13.4. The maximum Gasteiger partial charge on any atom is 0.295 e. The van der Waals surface area contributed by atoms with E-state index in [1.54, 1.807) is 17.0 Å². The summed E-state index contributed by atoms with van der Waals surface area (Å²) >= 11 is 1.48. The minimum atomic E-state index is -0.296. The monoisotopic (exact) mass is 491 g/mol. The summed E-state index contributed by atoms with van der Waals surface area (Å²) in [7, 11) is 1.85. The highest BCUT2D eigenvalue weighted by molar-refractivity contribution is 7.97. The van der Waals surface area contributed by atoms with Gasteiger partial charge in [0.25, 0.3) is 5.56 Å². The lowest BCUT2D eigenvalue weighted by Crippen LogP contribution is -2.27. The molecular formula is C23H25N9O2S. The van der Waals surface area contributed by atoms with E-state index >= 15 is 0 Å². The molecule has 1 aliphatic rings. The molecule has 0 bridgehead atoms. The summed E-state index contributed by atoms with van der Waals surface area (Å²) in [6, 6.07) is 3.67. The highest BCUT2D eigenvalue weighted by Gasteiger charge is 2.31. The number of nitrogens with one attached hydrogen (secondary N) is 2. The number of anilines is 1. The van der Waals surface area contributed by atoms with Crippen LogP contribution in [0.3, 0.4) is 0 Å². The van der Waals surface area contributed by atoms with Crippen molar-refractivity contribution in [2.24, 2.45) is 0 Å². The van der Waals surface area contributed by atoms with Crippen LogP contribution in [0.2, 0.25) is 0 Å². The minimum absolute atomic E-state index is 0.169. The number of aromatic nitrogens is 7. The van der Waals surface area contributed by atoms with Crippen molar-refractivity contribution >= 4 is 28.9 Å². The van der Waals surface area contributed by atoms with Crippen LogP contribution in [-0.2, 0) is 6.54 Å². The van der Waals surface area contributed by atoms with Gasteiger partial charge in [0.1, 0.15) is 17.4 Å². The van der Waals surface area contributed by atoms with E-state index in [1.165, 1.54) is 18.3 Å². The smallest absolute Gasteiger partial charge is 0.295 e. The van der Waals surface area contributed by atoms with E-state index in [4.69, 9.17) is 0 Å². The zero-order valence-corrected chi connectivity index (χ0v) is 20.4. The van der Waals surface area contributed by atoms with Gasteiger partial charge in [0, 0.05) is 23.1 Å². The van der Waals surface area contributed by atoms with Crippen LogP contribution in [0.4, 0.5) is 5.82 Å². The predicted octanol–water partition coefficient (Wildman–Crippen LogP) is 3.04. The molecule has 0 aliphatic heterocycles.